The van der Waals surface area contributed by atoms with Gasteiger partial charge in [-0.15, -0.1) is 0 Å². The van der Waals surface area contributed by atoms with Gasteiger partial charge in [0, 0.05) is 32.7 Å². The van der Waals surface area contributed by atoms with Crippen LogP contribution in [0.1, 0.15) is 11.1 Å². The van der Waals surface area contributed by atoms with Gasteiger partial charge in [0.15, 0.2) is 0 Å². The zero-order valence-corrected chi connectivity index (χ0v) is 17.9. The molecule has 0 atom stereocenters. The molecule has 0 radical (unpaired) electrons. The first-order valence-corrected chi connectivity index (χ1v) is 10.8. The van der Waals surface area contributed by atoms with Crippen molar-refractivity contribution in [2.45, 2.75) is 18.0 Å². The number of nitrogens with one attached hydrogen (secondary N) is 2. The molecule has 0 unspecified atom stereocenters. The first-order chi connectivity index (χ1) is 14.3. The summed E-state index contributed by atoms with van der Waals surface area (Å²) in [7, 11) is -0.624. The minimum absolute atomic E-state index is 0.0787. The maximum Gasteiger partial charge on any atom is 0.295 e. The number of benzene rings is 3. The van der Waals surface area contributed by atoms with Crippen LogP contribution in [0.2, 0.25) is 0 Å². The van der Waals surface area contributed by atoms with E-state index in [1.165, 1.54) is 18.0 Å². The summed E-state index contributed by atoms with van der Waals surface area (Å²) in [5.74, 6) is 0. The highest BCUT2D eigenvalue weighted by molar-refractivity contribution is 7.86. The zero-order chi connectivity index (χ0) is 22.0. The van der Waals surface area contributed by atoms with Gasteiger partial charge in [0.05, 0.1) is 6.34 Å². The molecule has 0 aromatic heterocycles. The molecule has 0 aliphatic carbocycles. The Morgan fingerprint density at radius 2 is 1.37 bits per heavy atom. The van der Waals surface area contributed by atoms with Gasteiger partial charge in [-0.2, -0.15) is 8.42 Å². The van der Waals surface area contributed by atoms with Crippen LogP contribution >= 0.6 is 0 Å². The molecule has 3 N–H and O–H groups in total. The predicted molar refractivity (Wildman–Crippen MR) is 121 cm³/mol. The summed E-state index contributed by atoms with van der Waals surface area (Å²) in [6.07, 6.45) is 1.25. The number of nitrogens with zero attached hydrogens (tertiary/aromatic N) is 1. The van der Waals surface area contributed by atoms with Gasteiger partial charge in [-0.3, -0.25) is 9.96 Å². The summed E-state index contributed by atoms with van der Waals surface area (Å²) in [4.78, 5) is 1.59. The first-order valence-electron chi connectivity index (χ1n) is 9.38. The van der Waals surface area contributed by atoms with Crippen molar-refractivity contribution in [2.75, 3.05) is 14.1 Å². The third-order valence-corrected chi connectivity index (χ3v) is 5.10. The molecule has 0 heterocycles. The van der Waals surface area contributed by atoms with Gasteiger partial charge in [0.2, 0.25) is 0 Å². The van der Waals surface area contributed by atoms with Crippen LogP contribution in [0, 0.1) is 5.41 Å². The largest absolute Gasteiger partial charge is 0.369 e. The summed E-state index contributed by atoms with van der Waals surface area (Å²) in [6, 6.07) is 24.2. The molecule has 158 valence electrons. The highest BCUT2D eigenvalue weighted by Crippen LogP contribution is 2.27. The topological polar surface area (TPSA) is 93.5 Å². The summed E-state index contributed by atoms with van der Waals surface area (Å²) in [5.41, 5.74) is 3.57. The Bertz CT molecular complexity index is 1030. The van der Waals surface area contributed by atoms with E-state index >= 15 is 0 Å². The van der Waals surface area contributed by atoms with Gasteiger partial charge in [0.25, 0.3) is 10.1 Å². The lowest BCUT2D eigenvalue weighted by molar-refractivity contribution is 0.483. The Morgan fingerprint density at radius 1 is 0.867 bits per heavy atom. The van der Waals surface area contributed by atoms with Gasteiger partial charge in [-0.1, -0.05) is 72.8 Å². The van der Waals surface area contributed by atoms with Crippen molar-refractivity contribution in [3.63, 3.8) is 0 Å². The van der Waals surface area contributed by atoms with Crippen LogP contribution in [0.15, 0.2) is 83.8 Å². The van der Waals surface area contributed by atoms with Crippen LogP contribution < -0.4 is 5.32 Å². The molecule has 0 aliphatic rings. The molecule has 0 fully saturated rings. The predicted octanol–water partition coefficient (Wildman–Crippen LogP) is 4.05. The van der Waals surface area contributed by atoms with Crippen molar-refractivity contribution in [3.05, 3.63) is 90.0 Å². The normalized spacial score (nSPS) is 10.6. The van der Waals surface area contributed by atoms with Gasteiger partial charge in [-0.05, 0) is 22.8 Å². The first kappa shape index (κ1) is 23.3. The molecule has 0 amide bonds. The standard InChI is InChI=1S/C20H19NO3S.C3H8N2/c22-25(23,24)20-9-5-4-8-19(20)18-12-10-17(11-13-18)15-21-14-16-6-2-1-3-7-16;1-5(2)3-4/h1-13,21H,14-15H2,(H,22,23,24);3-4H,1-2H3. The van der Waals surface area contributed by atoms with E-state index in [1.807, 2.05) is 56.6 Å². The quantitative estimate of drug-likeness (QED) is 0.302. The van der Waals surface area contributed by atoms with E-state index in [1.54, 1.807) is 23.1 Å². The Kier molecular flexibility index (Phi) is 8.73. The summed E-state index contributed by atoms with van der Waals surface area (Å²) in [5, 5.41) is 9.84. The van der Waals surface area contributed by atoms with Crippen molar-refractivity contribution in [3.8, 4) is 11.1 Å². The van der Waals surface area contributed by atoms with Crippen molar-refractivity contribution >= 4 is 16.5 Å². The lowest BCUT2D eigenvalue weighted by Crippen LogP contribution is -2.12. The third-order valence-electron chi connectivity index (χ3n) is 4.19. The van der Waals surface area contributed by atoms with E-state index in [0.717, 1.165) is 24.2 Å². The molecule has 3 rings (SSSR count). The minimum atomic E-state index is -4.25. The Labute approximate surface area is 178 Å². The van der Waals surface area contributed by atoms with Crippen molar-refractivity contribution in [1.29, 1.82) is 5.41 Å². The fourth-order valence-electron chi connectivity index (χ4n) is 2.68. The molecule has 0 bridgehead atoms. The Hall–Kier alpha value is -3.00. The molecule has 3 aromatic rings. The van der Waals surface area contributed by atoms with Gasteiger partial charge < -0.3 is 10.2 Å². The molecule has 3 aromatic carbocycles. The lowest BCUT2D eigenvalue weighted by Gasteiger charge is -2.09. The molecule has 0 saturated heterocycles. The van der Waals surface area contributed by atoms with Gasteiger partial charge >= 0.3 is 0 Å². The number of hydrogen-bond donors (Lipinski definition) is 3. The van der Waals surface area contributed by atoms with Crippen molar-refractivity contribution in [2.24, 2.45) is 0 Å². The lowest BCUT2D eigenvalue weighted by atomic mass is 10.0. The molecular formula is C23H27N3O3S. The maximum absolute atomic E-state index is 11.5. The second kappa shape index (κ2) is 11.3. The molecule has 30 heavy (non-hydrogen) atoms. The Morgan fingerprint density at radius 3 is 1.90 bits per heavy atom. The molecule has 7 heteroatoms. The second-order valence-electron chi connectivity index (χ2n) is 6.85. The van der Waals surface area contributed by atoms with Crippen molar-refractivity contribution in [1.82, 2.24) is 10.2 Å². The van der Waals surface area contributed by atoms with E-state index in [-0.39, 0.29) is 4.90 Å². The van der Waals surface area contributed by atoms with Crippen LogP contribution in [0.25, 0.3) is 11.1 Å². The average molecular weight is 426 g/mol. The second-order valence-corrected chi connectivity index (χ2v) is 8.24. The van der Waals surface area contributed by atoms with E-state index in [2.05, 4.69) is 17.4 Å². The van der Waals surface area contributed by atoms with Crippen LogP contribution in [0.5, 0.6) is 0 Å². The highest BCUT2D eigenvalue weighted by atomic mass is 32.2. The van der Waals surface area contributed by atoms with Gasteiger partial charge in [-0.25, -0.2) is 0 Å². The maximum atomic E-state index is 11.5. The van der Waals surface area contributed by atoms with Gasteiger partial charge in [0.1, 0.15) is 4.90 Å². The van der Waals surface area contributed by atoms with E-state index in [9.17, 15) is 13.0 Å². The molecular weight excluding hydrogens is 398 g/mol. The molecule has 0 aliphatic heterocycles. The molecule has 6 nitrogen and oxygen atoms in total. The fraction of sp³-hybridized carbons (Fsp3) is 0.174. The number of hydrogen-bond acceptors (Lipinski definition) is 4. The summed E-state index contributed by atoms with van der Waals surface area (Å²) in [6.45, 7) is 1.50. The number of rotatable bonds is 7. The smallest absolute Gasteiger partial charge is 0.295 e. The highest BCUT2D eigenvalue weighted by Gasteiger charge is 2.15. The SMILES string of the molecule is CN(C)C=N.O=S(=O)(O)c1ccccc1-c1ccc(CNCc2ccccc2)cc1. The Balaban J connectivity index is 0.000000575. The van der Waals surface area contributed by atoms with Crippen LogP contribution in [-0.2, 0) is 23.2 Å². The van der Waals surface area contributed by atoms with E-state index < -0.39 is 10.1 Å². The molecule has 0 saturated carbocycles. The van der Waals surface area contributed by atoms with Crippen LogP contribution in [0.4, 0.5) is 0 Å². The fourth-order valence-corrected chi connectivity index (χ4v) is 3.39. The average Bonchev–Trinajstić information content (AvgIpc) is 2.75. The monoisotopic (exact) mass is 425 g/mol. The molecule has 0 spiro atoms. The van der Waals surface area contributed by atoms with E-state index in [0.29, 0.717) is 5.56 Å². The summed E-state index contributed by atoms with van der Waals surface area (Å²) < 4.78 is 32.4. The van der Waals surface area contributed by atoms with Crippen molar-refractivity contribution < 1.29 is 13.0 Å². The van der Waals surface area contributed by atoms with Crippen LogP contribution in [-0.4, -0.2) is 38.3 Å². The third kappa shape index (κ3) is 7.44. The zero-order valence-electron chi connectivity index (χ0n) is 17.1. The minimum Gasteiger partial charge on any atom is -0.369 e. The van der Waals surface area contributed by atoms with Crippen LogP contribution in [0.3, 0.4) is 0 Å². The van der Waals surface area contributed by atoms with E-state index in [4.69, 9.17) is 5.41 Å². The summed E-state index contributed by atoms with van der Waals surface area (Å²) >= 11 is 0.